The van der Waals surface area contributed by atoms with Crippen LogP contribution in [0.25, 0.3) is 0 Å². The van der Waals surface area contributed by atoms with Crippen molar-refractivity contribution in [1.29, 1.82) is 0 Å². The second kappa shape index (κ2) is 9.57. The molecule has 0 aliphatic carbocycles. The average molecular weight is 511 g/mol. The van der Waals surface area contributed by atoms with Gasteiger partial charge in [0.05, 0.1) is 17.0 Å². The Kier molecular flexibility index (Phi) is 6.86. The van der Waals surface area contributed by atoms with Gasteiger partial charge in [0.25, 0.3) is 5.91 Å². The molecule has 0 radical (unpaired) electrons. The van der Waals surface area contributed by atoms with Gasteiger partial charge in [-0.1, -0.05) is 48.0 Å². The predicted molar refractivity (Wildman–Crippen MR) is 137 cm³/mol. The van der Waals surface area contributed by atoms with Crippen LogP contribution < -0.4 is 4.90 Å². The van der Waals surface area contributed by atoms with Gasteiger partial charge >= 0.3 is 0 Å². The number of hydrogen-bond acceptors (Lipinski definition) is 4. The first-order chi connectivity index (χ1) is 16.5. The van der Waals surface area contributed by atoms with Crippen LogP contribution in [0, 0.1) is 27.7 Å². The molecule has 0 aromatic heterocycles. The molecule has 2 amide bonds. The van der Waals surface area contributed by atoms with Gasteiger partial charge < -0.3 is 0 Å². The van der Waals surface area contributed by atoms with Gasteiger partial charge in [0, 0.05) is 11.6 Å². The van der Waals surface area contributed by atoms with E-state index in [2.05, 4.69) is 0 Å². The summed E-state index contributed by atoms with van der Waals surface area (Å²) in [6, 6.07) is 16.2. The lowest BCUT2D eigenvalue weighted by molar-refractivity contribution is -0.122. The maximum absolute atomic E-state index is 14.2. The number of carbonyl (C=O) groups excluding carboxylic acids is 2. The maximum Gasteiger partial charge on any atom is 0.252 e. The summed E-state index contributed by atoms with van der Waals surface area (Å²) >= 11 is 5.97. The fourth-order valence-corrected chi connectivity index (χ4v) is 6.79. The molecular weight excluding hydrogens is 484 g/mol. The van der Waals surface area contributed by atoms with E-state index < -0.39 is 27.9 Å². The molecule has 4 rings (SSSR count). The number of anilines is 1. The number of aryl methyl sites for hydroxylation is 2. The molecule has 6 nitrogen and oxygen atoms in total. The standard InChI is InChI=1S/C27H27ClN2O4S/c1-17-14-18(2)20(4)26(19(17)3)35(33,34)29(16-21-8-6-5-7-9-21)24-15-25(31)30(27(24)32)23-12-10-22(28)11-13-23/h5-14,24H,15-16H2,1-4H3. The molecule has 182 valence electrons. The lowest BCUT2D eigenvalue weighted by Crippen LogP contribution is -2.45. The lowest BCUT2D eigenvalue weighted by Gasteiger charge is -2.29. The van der Waals surface area contributed by atoms with E-state index >= 15 is 0 Å². The van der Waals surface area contributed by atoms with Gasteiger partial charge in [-0.3, -0.25) is 9.59 Å². The first-order valence-electron chi connectivity index (χ1n) is 11.3. The number of halogens is 1. The van der Waals surface area contributed by atoms with Crippen molar-refractivity contribution in [3.63, 3.8) is 0 Å². The number of sulfonamides is 1. The Hall–Kier alpha value is -3.00. The summed E-state index contributed by atoms with van der Waals surface area (Å²) in [6.45, 7) is 7.25. The summed E-state index contributed by atoms with van der Waals surface area (Å²) in [4.78, 5) is 27.8. The zero-order chi connectivity index (χ0) is 25.5. The number of nitrogens with zero attached hydrogens (tertiary/aromatic N) is 2. The number of hydrogen-bond donors (Lipinski definition) is 0. The summed E-state index contributed by atoms with van der Waals surface area (Å²) in [6.07, 6.45) is -0.240. The van der Waals surface area contributed by atoms with Crippen LogP contribution in [0.15, 0.2) is 65.6 Å². The Bertz CT molecular complexity index is 1380. The van der Waals surface area contributed by atoms with Gasteiger partial charge in [-0.2, -0.15) is 4.31 Å². The molecule has 0 bridgehead atoms. The van der Waals surface area contributed by atoms with Crippen LogP contribution in [0.2, 0.25) is 5.02 Å². The maximum atomic E-state index is 14.2. The van der Waals surface area contributed by atoms with Crippen molar-refractivity contribution >= 4 is 39.1 Å². The molecule has 1 fully saturated rings. The Morgan fingerprint density at radius 1 is 0.914 bits per heavy atom. The Labute approximate surface area is 211 Å². The minimum atomic E-state index is -4.15. The summed E-state index contributed by atoms with van der Waals surface area (Å²) < 4.78 is 29.7. The molecule has 1 atom stereocenters. The molecule has 8 heteroatoms. The summed E-state index contributed by atoms with van der Waals surface area (Å²) in [7, 11) is -4.15. The fourth-order valence-electron chi connectivity index (χ4n) is 4.51. The summed E-state index contributed by atoms with van der Waals surface area (Å²) in [5.41, 5.74) is 4.06. The van der Waals surface area contributed by atoms with E-state index in [1.807, 2.05) is 50.2 Å². The minimum absolute atomic E-state index is 0.0345. The minimum Gasteiger partial charge on any atom is -0.274 e. The highest BCUT2D eigenvalue weighted by molar-refractivity contribution is 7.89. The van der Waals surface area contributed by atoms with E-state index in [4.69, 9.17) is 11.6 Å². The van der Waals surface area contributed by atoms with Gasteiger partial charge in [0.1, 0.15) is 6.04 Å². The van der Waals surface area contributed by atoms with Crippen LogP contribution in [0.1, 0.15) is 34.2 Å². The van der Waals surface area contributed by atoms with E-state index in [1.165, 1.54) is 4.31 Å². The highest BCUT2D eigenvalue weighted by Gasteiger charge is 2.47. The first kappa shape index (κ1) is 25.1. The van der Waals surface area contributed by atoms with Crippen molar-refractivity contribution < 1.29 is 18.0 Å². The molecule has 0 N–H and O–H groups in total. The fraction of sp³-hybridized carbons (Fsp3) is 0.259. The molecule has 1 aliphatic heterocycles. The highest BCUT2D eigenvalue weighted by Crippen LogP contribution is 2.34. The molecule has 3 aromatic carbocycles. The number of imide groups is 1. The van der Waals surface area contributed by atoms with E-state index in [-0.39, 0.29) is 17.9 Å². The van der Waals surface area contributed by atoms with E-state index in [0.717, 1.165) is 21.6 Å². The van der Waals surface area contributed by atoms with Crippen LogP contribution in [0.4, 0.5) is 5.69 Å². The predicted octanol–water partition coefficient (Wildman–Crippen LogP) is 5.10. The van der Waals surface area contributed by atoms with Crippen LogP contribution in [0.5, 0.6) is 0 Å². The second-order valence-electron chi connectivity index (χ2n) is 8.89. The second-order valence-corrected chi connectivity index (χ2v) is 11.2. The normalized spacial score (nSPS) is 16.4. The third kappa shape index (κ3) is 4.63. The quantitative estimate of drug-likeness (QED) is 0.432. The smallest absolute Gasteiger partial charge is 0.252 e. The van der Waals surface area contributed by atoms with E-state index in [0.29, 0.717) is 21.8 Å². The van der Waals surface area contributed by atoms with Crippen molar-refractivity contribution in [3.05, 3.63) is 93.5 Å². The van der Waals surface area contributed by atoms with Crippen LogP contribution in [-0.2, 0) is 26.2 Å². The van der Waals surface area contributed by atoms with E-state index in [9.17, 15) is 18.0 Å². The van der Waals surface area contributed by atoms with Gasteiger partial charge in [0.2, 0.25) is 15.9 Å². The third-order valence-electron chi connectivity index (χ3n) is 6.60. The number of benzene rings is 3. The van der Waals surface area contributed by atoms with Crippen molar-refractivity contribution in [2.75, 3.05) is 4.90 Å². The van der Waals surface area contributed by atoms with Crippen molar-refractivity contribution in [1.82, 2.24) is 4.31 Å². The molecule has 0 saturated carbocycles. The molecule has 1 heterocycles. The topological polar surface area (TPSA) is 74.8 Å². The van der Waals surface area contributed by atoms with Gasteiger partial charge in [-0.05, 0) is 79.8 Å². The average Bonchev–Trinajstić information content (AvgIpc) is 3.10. The summed E-state index contributed by atoms with van der Waals surface area (Å²) in [5, 5.41) is 0.471. The third-order valence-corrected chi connectivity index (χ3v) is 8.98. The zero-order valence-corrected chi connectivity index (χ0v) is 21.7. The monoisotopic (exact) mass is 510 g/mol. The largest absolute Gasteiger partial charge is 0.274 e. The lowest BCUT2D eigenvalue weighted by atomic mass is 10.0. The van der Waals surface area contributed by atoms with Crippen molar-refractivity contribution in [2.24, 2.45) is 0 Å². The molecule has 1 saturated heterocycles. The highest BCUT2D eigenvalue weighted by atomic mass is 35.5. The van der Waals surface area contributed by atoms with Crippen molar-refractivity contribution in [2.45, 2.75) is 51.6 Å². The SMILES string of the molecule is Cc1cc(C)c(C)c(S(=O)(=O)N(Cc2ccccc2)C2CC(=O)N(c3ccc(Cl)cc3)C2=O)c1C. The number of amides is 2. The number of rotatable bonds is 6. The molecular formula is C27H27ClN2O4S. The Morgan fingerprint density at radius 3 is 2.06 bits per heavy atom. The van der Waals surface area contributed by atoms with Crippen LogP contribution in [0.3, 0.4) is 0 Å². The molecule has 3 aromatic rings. The number of carbonyl (C=O) groups is 2. The van der Waals surface area contributed by atoms with Gasteiger partial charge in [-0.25, -0.2) is 13.3 Å². The Morgan fingerprint density at radius 2 is 1.49 bits per heavy atom. The van der Waals surface area contributed by atoms with Gasteiger partial charge in [-0.15, -0.1) is 0 Å². The van der Waals surface area contributed by atoms with Crippen LogP contribution >= 0.6 is 11.6 Å². The molecule has 35 heavy (non-hydrogen) atoms. The first-order valence-corrected chi connectivity index (χ1v) is 13.1. The van der Waals surface area contributed by atoms with Crippen molar-refractivity contribution in [3.8, 4) is 0 Å². The molecule has 1 unspecified atom stereocenters. The van der Waals surface area contributed by atoms with E-state index in [1.54, 1.807) is 38.1 Å². The Balaban J connectivity index is 1.84. The molecule has 0 spiro atoms. The van der Waals surface area contributed by atoms with Gasteiger partial charge in [0.15, 0.2) is 0 Å². The van der Waals surface area contributed by atoms with Crippen LogP contribution in [-0.4, -0.2) is 30.6 Å². The summed E-state index contributed by atoms with van der Waals surface area (Å²) in [5.74, 6) is -1.03. The molecule has 1 aliphatic rings. The zero-order valence-electron chi connectivity index (χ0n) is 20.1.